The molecule has 0 fully saturated rings. The van der Waals surface area contributed by atoms with Crippen molar-refractivity contribution in [1.82, 2.24) is 5.01 Å². The summed E-state index contributed by atoms with van der Waals surface area (Å²) >= 11 is 12.1. The van der Waals surface area contributed by atoms with Crippen LogP contribution in [0.3, 0.4) is 0 Å². The summed E-state index contributed by atoms with van der Waals surface area (Å²) in [7, 11) is 1.23. The molecule has 0 saturated heterocycles. The summed E-state index contributed by atoms with van der Waals surface area (Å²) in [6.45, 7) is 2.44. The molecular formula is C26H23Cl2N3O3. The quantitative estimate of drug-likeness (QED) is 0.450. The monoisotopic (exact) mass is 495 g/mol. The summed E-state index contributed by atoms with van der Waals surface area (Å²) in [5, 5.41) is 7.63. The van der Waals surface area contributed by atoms with Crippen LogP contribution in [-0.4, -0.2) is 42.9 Å². The van der Waals surface area contributed by atoms with Crippen molar-refractivity contribution < 1.29 is 14.3 Å². The molecule has 3 aromatic rings. The fourth-order valence-electron chi connectivity index (χ4n) is 4.10. The van der Waals surface area contributed by atoms with Crippen LogP contribution in [0.4, 0.5) is 10.5 Å². The predicted molar refractivity (Wildman–Crippen MR) is 135 cm³/mol. The lowest BCUT2D eigenvalue weighted by molar-refractivity contribution is -0.119. The minimum atomic E-state index is -0.778. The van der Waals surface area contributed by atoms with Gasteiger partial charge in [0.05, 0.1) is 30.5 Å². The van der Waals surface area contributed by atoms with Gasteiger partial charge in [0.2, 0.25) is 0 Å². The van der Waals surface area contributed by atoms with Gasteiger partial charge in [-0.2, -0.15) is 5.10 Å². The molecule has 2 amide bonds. The van der Waals surface area contributed by atoms with Crippen molar-refractivity contribution in [3.05, 3.63) is 100 Å². The fraction of sp³-hybridized carbons (Fsp3) is 0.192. The Labute approximate surface area is 208 Å². The zero-order chi connectivity index (χ0) is 24.3. The molecule has 0 spiro atoms. The third-order valence-electron chi connectivity index (χ3n) is 5.80. The van der Waals surface area contributed by atoms with Crippen LogP contribution in [0.25, 0.3) is 0 Å². The molecule has 8 heteroatoms. The largest absolute Gasteiger partial charge is 0.452 e. The number of methoxy groups -OCH3 is 1. The van der Waals surface area contributed by atoms with E-state index in [1.165, 1.54) is 7.11 Å². The lowest BCUT2D eigenvalue weighted by Crippen LogP contribution is -2.44. The number of rotatable bonds is 5. The number of hydrazone groups is 1. The van der Waals surface area contributed by atoms with E-state index in [1.54, 1.807) is 29.3 Å². The fourth-order valence-corrected chi connectivity index (χ4v) is 4.35. The average Bonchev–Trinajstić information content (AvgIpc) is 3.18. The van der Waals surface area contributed by atoms with Crippen LogP contribution >= 0.6 is 23.2 Å². The van der Waals surface area contributed by atoms with E-state index < -0.39 is 17.4 Å². The average molecular weight is 496 g/mol. The van der Waals surface area contributed by atoms with Gasteiger partial charge in [0.15, 0.2) is 0 Å². The summed E-state index contributed by atoms with van der Waals surface area (Å²) in [4.78, 5) is 26.7. The van der Waals surface area contributed by atoms with Crippen LogP contribution in [-0.2, 0) is 14.9 Å². The molecule has 4 rings (SSSR count). The molecule has 1 aliphatic rings. The number of nitrogens with zero attached hydrogens (tertiary/aromatic N) is 3. The molecule has 174 valence electrons. The van der Waals surface area contributed by atoms with Gasteiger partial charge in [-0.3, -0.25) is 9.80 Å². The van der Waals surface area contributed by atoms with Crippen molar-refractivity contribution in [2.24, 2.45) is 5.10 Å². The van der Waals surface area contributed by atoms with E-state index in [-0.39, 0.29) is 6.54 Å². The summed E-state index contributed by atoms with van der Waals surface area (Å²) in [5.74, 6) is -0.467. The standard InChI is InChI=1S/C26H23Cl2N3O3/c1-26(19-6-4-3-5-7-19)17-30(29-24(26)18-8-10-20(27)11-9-18)16-23(32)31(25(33)34-2)22-14-12-21(28)13-15-22/h3-15H,16-17H2,1-2H3. The first-order chi connectivity index (χ1) is 16.3. The molecule has 3 aromatic carbocycles. The zero-order valence-corrected chi connectivity index (χ0v) is 20.3. The van der Waals surface area contributed by atoms with Crippen molar-refractivity contribution in [2.75, 3.05) is 25.1 Å². The third-order valence-corrected chi connectivity index (χ3v) is 6.30. The first kappa shape index (κ1) is 23.8. The smallest absolute Gasteiger partial charge is 0.420 e. The molecule has 34 heavy (non-hydrogen) atoms. The summed E-state index contributed by atoms with van der Waals surface area (Å²) in [6.07, 6.45) is -0.778. The molecule has 1 heterocycles. The number of imide groups is 1. The molecule has 1 atom stereocenters. The maximum atomic E-state index is 13.3. The van der Waals surface area contributed by atoms with Gasteiger partial charge in [0, 0.05) is 10.0 Å². The van der Waals surface area contributed by atoms with Crippen molar-refractivity contribution >= 4 is 46.6 Å². The van der Waals surface area contributed by atoms with Crippen molar-refractivity contribution in [3.63, 3.8) is 0 Å². The Bertz CT molecular complexity index is 1210. The van der Waals surface area contributed by atoms with E-state index >= 15 is 0 Å². The summed E-state index contributed by atoms with van der Waals surface area (Å²) < 4.78 is 4.86. The van der Waals surface area contributed by atoms with Crippen LogP contribution in [0.5, 0.6) is 0 Å². The highest BCUT2D eigenvalue weighted by Gasteiger charge is 2.42. The van der Waals surface area contributed by atoms with Crippen LogP contribution in [0.15, 0.2) is 84.0 Å². The summed E-state index contributed by atoms with van der Waals surface area (Å²) in [5.41, 5.74) is 2.69. The number of anilines is 1. The molecule has 1 unspecified atom stereocenters. The molecule has 6 nitrogen and oxygen atoms in total. The van der Waals surface area contributed by atoms with Crippen LogP contribution < -0.4 is 4.90 Å². The third kappa shape index (κ3) is 4.79. The normalized spacial score (nSPS) is 17.3. The zero-order valence-electron chi connectivity index (χ0n) is 18.7. The van der Waals surface area contributed by atoms with Gasteiger partial charge in [0.25, 0.3) is 5.91 Å². The molecule has 0 aliphatic carbocycles. The second-order valence-corrected chi connectivity index (χ2v) is 9.02. The van der Waals surface area contributed by atoms with Gasteiger partial charge in [0.1, 0.15) is 6.54 Å². The second kappa shape index (κ2) is 9.87. The van der Waals surface area contributed by atoms with Crippen molar-refractivity contribution in [2.45, 2.75) is 12.3 Å². The lowest BCUT2D eigenvalue weighted by Gasteiger charge is -2.28. The highest BCUT2D eigenvalue weighted by molar-refractivity contribution is 6.31. The van der Waals surface area contributed by atoms with E-state index in [0.29, 0.717) is 22.3 Å². The molecular weight excluding hydrogens is 473 g/mol. The highest BCUT2D eigenvalue weighted by atomic mass is 35.5. The van der Waals surface area contributed by atoms with Gasteiger partial charge in [-0.15, -0.1) is 0 Å². The van der Waals surface area contributed by atoms with Gasteiger partial charge in [-0.05, 0) is 54.4 Å². The molecule has 0 radical (unpaired) electrons. The molecule has 0 aromatic heterocycles. The van der Waals surface area contributed by atoms with Gasteiger partial charge in [-0.25, -0.2) is 9.69 Å². The SMILES string of the molecule is COC(=O)N(C(=O)CN1CC(C)(c2ccccc2)C(c2ccc(Cl)cc2)=N1)c1ccc(Cl)cc1. The van der Waals surface area contributed by atoms with E-state index in [2.05, 4.69) is 6.92 Å². The van der Waals surface area contributed by atoms with Gasteiger partial charge >= 0.3 is 6.09 Å². The predicted octanol–water partition coefficient (Wildman–Crippen LogP) is 5.77. The van der Waals surface area contributed by atoms with Gasteiger partial charge < -0.3 is 4.74 Å². The number of ether oxygens (including phenoxy) is 1. The minimum Gasteiger partial charge on any atom is -0.452 e. The Morgan fingerprint density at radius 1 is 0.971 bits per heavy atom. The molecule has 0 saturated carbocycles. The van der Waals surface area contributed by atoms with E-state index in [4.69, 9.17) is 33.0 Å². The second-order valence-electron chi connectivity index (χ2n) is 8.15. The highest BCUT2D eigenvalue weighted by Crippen LogP contribution is 2.35. The van der Waals surface area contributed by atoms with Crippen LogP contribution in [0, 0.1) is 0 Å². The van der Waals surface area contributed by atoms with Crippen molar-refractivity contribution in [1.29, 1.82) is 0 Å². The molecule has 1 aliphatic heterocycles. The number of benzene rings is 3. The topological polar surface area (TPSA) is 62.2 Å². The minimum absolute atomic E-state index is 0.114. The first-order valence-corrected chi connectivity index (χ1v) is 11.4. The first-order valence-electron chi connectivity index (χ1n) is 10.6. The van der Waals surface area contributed by atoms with Crippen LogP contribution in [0.2, 0.25) is 10.0 Å². The Balaban J connectivity index is 1.67. The van der Waals surface area contributed by atoms with E-state index in [9.17, 15) is 9.59 Å². The Kier molecular flexibility index (Phi) is 6.91. The van der Waals surface area contributed by atoms with Crippen LogP contribution in [0.1, 0.15) is 18.1 Å². The number of carbonyl (C=O) groups is 2. The van der Waals surface area contributed by atoms with Gasteiger partial charge in [-0.1, -0.05) is 65.7 Å². The maximum absolute atomic E-state index is 13.3. The lowest BCUT2D eigenvalue weighted by atomic mass is 9.76. The molecule has 0 N–H and O–H groups in total. The Hall–Kier alpha value is -3.35. The molecule has 0 bridgehead atoms. The Morgan fingerprint density at radius 2 is 1.56 bits per heavy atom. The number of carbonyl (C=O) groups excluding carboxylic acids is 2. The number of halogens is 2. The van der Waals surface area contributed by atoms with E-state index in [0.717, 1.165) is 21.7 Å². The van der Waals surface area contributed by atoms with Crippen molar-refractivity contribution in [3.8, 4) is 0 Å². The number of hydrogen-bond acceptors (Lipinski definition) is 5. The Morgan fingerprint density at radius 3 is 2.15 bits per heavy atom. The van der Waals surface area contributed by atoms with E-state index in [1.807, 2.05) is 54.6 Å². The number of amides is 2. The maximum Gasteiger partial charge on any atom is 0.420 e. The number of hydrogen-bond donors (Lipinski definition) is 0. The summed E-state index contributed by atoms with van der Waals surface area (Å²) in [6, 6.07) is 23.9.